The molecule has 0 radical (unpaired) electrons. The van der Waals surface area contributed by atoms with E-state index in [9.17, 15) is 0 Å². The van der Waals surface area contributed by atoms with E-state index in [4.69, 9.17) is 4.98 Å². The number of anilines is 1. The first-order valence-electron chi connectivity index (χ1n) is 10.2. The SMILES string of the molecule is CCn1c(N(C)C2CCN(CCc3ccccc3)CC2)nc2ccccc21. The second-order valence-corrected chi connectivity index (χ2v) is 7.56. The van der Waals surface area contributed by atoms with Crippen molar-refractivity contribution >= 4 is 17.0 Å². The van der Waals surface area contributed by atoms with Crippen LogP contribution in [-0.4, -0.2) is 47.2 Å². The number of likely N-dealkylation sites (tertiary alicyclic amines) is 1. The smallest absolute Gasteiger partial charge is 0.206 e. The van der Waals surface area contributed by atoms with Crippen molar-refractivity contribution in [1.29, 1.82) is 0 Å². The molecular formula is C23H30N4. The van der Waals surface area contributed by atoms with Crippen molar-refractivity contribution in [3.63, 3.8) is 0 Å². The third-order valence-corrected chi connectivity index (χ3v) is 5.93. The lowest BCUT2D eigenvalue weighted by Gasteiger charge is -2.37. The number of imidazole rings is 1. The van der Waals surface area contributed by atoms with Crippen LogP contribution in [0.3, 0.4) is 0 Å². The molecule has 1 aliphatic rings. The molecule has 0 spiro atoms. The molecule has 0 amide bonds. The van der Waals surface area contributed by atoms with Crippen LogP contribution in [0.4, 0.5) is 5.95 Å². The summed E-state index contributed by atoms with van der Waals surface area (Å²) in [7, 11) is 2.22. The Hall–Kier alpha value is -2.33. The van der Waals surface area contributed by atoms with Crippen molar-refractivity contribution in [2.75, 3.05) is 31.6 Å². The lowest BCUT2D eigenvalue weighted by atomic mass is 10.0. The number of hydrogen-bond donors (Lipinski definition) is 0. The minimum Gasteiger partial charge on any atom is -0.342 e. The van der Waals surface area contributed by atoms with Gasteiger partial charge in [-0.1, -0.05) is 42.5 Å². The molecule has 0 bridgehead atoms. The monoisotopic (exact) mass is 362 g/mol. The van der Waals surface area contributed by atoms with Crippen LogP contribution in [0.5, 0.6) is 0 Å². The third kappa shape index (κ3) is 3.86. The Morgan fingerprint density at radius 2 is 1.70 bits per heavy atom. The molecule has 4 heteroatoms. The van der Waals surface area contributed by atoms with Gasteiger partial charge in [0.15, 0.2) is 0 Å². The minimum atomic E-state index is 0.570. The van der Waals surface area contributed by atoms with E-state index in [0.717, 1.165) is 31.0 Å². The highest BCUT2D eigenvalue weighted by Crippen LogP contribution is 2.26. The second kappa shape index (κ2) is 8.13. The molecule has 1 fully saturated rings. The van der Waals surface area contributed by atoms with Crippen LogP contribution in [0.15, 0.2) is 54.6 Å². The maximum absolute atomic E-state index is 4.93. The summed E-state index contributed by atoms with van der Waals surface area (Å²) in [5, 5.41) is 0. The molecule has 1 saturated heterocycles. The number of fused-ring (bicyclic) bond motifs is 1. The first-order valence-corrected chi connectivity index (χ1v) is 10.2. The minimum absolute atomic E-state index is 0.570. The summed E-state index contributed by atoms with van der Waals surface area (Å²) in [5.74, 6) is 1.11. The third-order valence-electron chi connectivity index (χ3n) is 5.93. The van der Waals surface area contributed by atoms with Gasteiger partial charge in [0.1, 0.15) is 0 Å². The van der Waals surface area contributed by atoms with Gasteiger partial charge in [0.25, 0.3) is 0 Å². The zero-order chi connectivity index (χ0) is 18.6. The topological polar surface area (TPSA) is 24.3 Å². The first kappa shape index (κ1) is 18.1. The molecule has 4 rings (SSSR count). The average Bonchev–Trinajstić information content (AvgIpc) is 3.11. The van der Waals surface area contributed by atoms with Gasteiger partial charge in [-0.05, 0) is 43.9 Å². The van der Waals surface area contributed by atoms with Gasteiger partial charge in [-0.25, -0.2) is 4.98 Å². The highest BCUT2D eigenvalue weighted by atomic mass is 15.3. The summed E-state index contributed by atoms with van der Waals surface area (Å²) >= 11 is 0. The van der Waals surface area contributed by atoms with E-state index < -0.39 is 0 Å². The zero-order valence-corrected chi connectivity index (χ0v) is 16.5. The van der Waals surface area contributed by atoms with Crippen molar-refractivity contribution in [2.24, 2.45) is 0 Å². The molecule has 1 aliphatic heterocycles. The largest absolute Gasteiger partial charge is 0.342 e. The summed E-state index contributed by atoms with van der Waals surface area (Å²) in [6, 6.07) is 19.9. The molecule has 1 aromatic heterocycles. The Morgan fingerprint density at radius 3 is 2.44 bits per heavy atom. The Bertz CT molecular complexity index is 862. The van der Waals surface area contributed by atoms with Crippen molar-refractivity contribution in [3.8, 4) is 0 Å². The van der Waals surface area contributed by atoms with Crippen LogP contribution in [-0.2, 0) is 13.0 Å². The molecule has 0 atom stereocenters. The molecular weight excluding hydrogens is 332 g/mol. The van der Waals surface area contributed by atoms with E-state index in [0.29, 0.717) is 6.04 Å². The fraction of sp³-hybridized carbons (Fsp3) is 0.435. The number of nitrogens with zero attached hydrogens (tertiary/aromatic N) is 4. The molecule has 0 N–H and O–H groups in total. The van der Waals surface area contributed by atoms with E-state index in [-0.39, 0.29) is 0 Å². The average molecular weight is 363 g/mol. The molecule has 0 unspecified atom stereocenters. The lowest BCUT2D eigenvalue weighted by Crippen LogP contribution is -2.44. The Labute approximate surface area is 162 Å². The van der Waals surface area contributed by atoms with E-state index in [1.165, 1.54) is 37.0 Å². The summed E-state index contributed by atoms with van der Waals surface area (Å²) in [4.78, 5) is 9.95. The molecule has 142 valence electrons. The van der Waals surface area contributed by atoms with Gasteiger partial charge in [0.2, 0.25) is 5.95 Å². The van der Waals surface area contributed by atoms with Gasteiger partial charge in [0, 0.05) is 39.3 Å². The van der Waals surface area contributed by atoms with Crippen molar-refractivity contribution in [2.45, 2.75) is 38.8 Å². The van der Waals surface area contributed by atoms with Crippen molar-refractivity contribution in [3.05, 3.63) is 60.2 Å². The number of para-hydroxylation sites is 2. The Balaban J connectivity index is 1.38. The fourth-order valence-electron chi connectivity index (χ4n) is 4.27. The van der Waals surface area contributed by atoms with Gasteiger partial charge < -0.3 is 14.4 Å². The zero-order valence-electron chi connectivity index (χ0n) is 16.5. The standard InChI is InChI=1S/C23H30N4/c1-3-27-22-12-8-7-11-21(22)24-23(27)25(2)20-14-17-26(18-15-20)16-13-19-9-5-4-6-10-19/h4-12,20H,3,13-18H2,1-2H3. The van der Waals surface area contributed by atoms with Gasteiger partial charge in [-0.15, -0.1) is 0 Å². The molecule has 2 aromatic carbocycles. The first-order chi connectivity index (χ1) is 13.3. The number of benzene rings is 2. The quantitative estimate of drug-likeness (QED) is 0.657. The Morgan fingerprint density at radius 1 is 1.00 bits per heavy atom. The molecule has 0 saturated carbocycles. The van der Waals surface area contributed by atoms with Crippen molar-refractivity contribution in [1.82, 2.24) is 14.5 Å². The van der Waals surface area contributed by atoms with Gasteiger partial charge in [-0.2, -0.15) is 0 Å². The second-order valence-electron chi connectivity index (χ2n) is 7.56. The summed E-state index contributed by atoms with van der Waals surface area (Å²) in [5.41, 5.74) is 3.78. The summed E-state index contributed by atoms with van der Waals surface area (Å²) in [6.45, 7) is 6.67. The predicted octanol–water partition coefficient (Wildman–Crippen LogP) is 4.20. The van der Waals surface area contributed by atoms with Crippen LogP contribution >= 0.6 is 0 Å². The van der Waals surface area contributed by atoms with Crippen LogP contribution in [0.1, 0.15) is 25.3 Å². The van der Waals surface area contributed by atoms with E-state index in [1.807, 2.05) is 0 Å². The molecule has 0 aliphatic carbocycles. The fourth-order valence-corrected chi connectivity index (χ4v) is 4.27. The number of piperidine rings is 1. The van der Waals surface area contributed by atoms with Crippen LogP contribution < -0.4 is 4.90 Å². The number of hydrogen-bond acceptors (Lipinski definition) is 3. The summed E-state index contributed by atoms with van der Waals surface area (Å²) in [6.07, 6.45) is 3.56. The normalized spacial score (nSPS) is 16.1. The highest BCUT2D eigenvalue weighted by molar-refractivity contribution is 5.78. The molecule has 27 heavy (non-hydrogen) atoms. The van der Waals surface area contributed by atoms with Crippen LogP contribution in [0.2, 0.25) is 0 Å². The molecule has 4 nitrogen and oxygen atoms in total. The lowest BCUT2D eigenvalue weighted by molar-refractivity contribution is 0.212. The number of aromatic nitrogens is 2. The van der Waals surface area contributed by atoms with Gasteiger partial charge in [0.05, 0.1) is 11.0 Å². The number of rotatable bonds is 6. The summed E-state index contributed by atoms with van der Waals surface area (Å²) < 4.78 is 2.34. The Kier molecular flexibility index (Phi) is 5.44. The van der Waals surface area contributed by atoms with Gasteiger partial charge in [-0.3, -0.25) is 0 Å². The van der Waals surface area contributed by atoms with Gasteiger partial charge >= 0.3 is 0 Å². The highest BCUT2D eigenvalue weighted by Gasteiger charge is 2.25. The van der Waals surface area contributed by atoms with E-state index >= 15 is 0 Å². The molecule has 2 heterocycles. The van der Waals surface area contributed by atoms with E-state index in [1.54, 1.807) is 0 Å². The van der Waals surface area contributed by atoms with Crippen LogP contribution in [0, 0.1) is 0 Å². The van der Waals surface area contributed by atoms with E-state index in [2.05, 4.69) is 82.9 Å². The maximum Gasteiger partial charge on any atom is 0.206 e. The number of aryl methyl sites for hydroxylation is 1. The predicted molar refractivity (Wildman–Crippen MR) is 113 cm³/mol. The van der Waals surface area contributed by atoms with Crippen molar-refractivity contribution < 1.29 is 0 Å². The van der Waals surface area contributed by atoms with Crippen LogP contribution in [0.25, 0.3) is 11.0 Å². The maximum atomic E-state index is 4.93. The molecule has 3 aromatic rings.